The SMILES string of the molecule is COc1cc2c(cc1OC)C(=O)C(CC1CCN(CC(=O)Cc3nc4ccc([N+](=O)[O-])cc4s3)CC1)C2. The molecule has 0 radical (unpaired) electrons. The molecule has 1 fully saturated rings. The van der Waals surface area contributed by atoms with E-state index in [9.17, 15) is 19.7 Å². The van der Waals surface area contributed by atoms with Gasteiger partial charge in [0, 0.05) is 23.6 Å². The van der Waals surface area contributed by atoms with Gasteiger partial charge in [-0.05, 0) is 68.5 Å². The van der Waals surface area contributed by atoms with Gasteiger partial charge >= 0.3 is 0 Å². The average Bonchev–Trinajstić information content (AvgIpc) is 3.42. The molecule has 10 heteroatoms. The third-order valence-corrected chi connectivity index (χ3v) is 8.43. The van der Waals surface area contributed by atoms with Crippen LogP contribution in [0.4, 0.5) is 5.69 Å². The zero-order valence-corrected chi connectivity index (χ0v) is 21.7. The van der Waals surface area contributed by atoms with Crippen molar-refractivity contribution in [1.29, 1.82) is 0 Å². The van der Waals surface area contributed by atoms with E-state index in [0.29, 0.717) is 34.5 Å². The smallest absolute Gasteiger partial charge is 0.270 e. The molecule has 2 heterocycles. The molecular weight excluding hydrogens is 494 g/mol. The first-order chi connectivity index (χ1) is 17.8. The van der Waals surface area contributed by atoms with Crippen LogP contribution < -0.4 is 9.47 Å². The Labute approximate surface area is 218 Å². The van der Waals surface area contributed by atoms with Crippen molar-refractivity contribution < 1.29 is 24.0 Å². The number of benzene rings is 2. The fourth-order valence-electron chi connectivity index (χ4n) is 5.49. The second-order valence-electron chi connectivity index (χ2n) is 9.82. The molecule has 0 saturated carbocycles. The molecule has 0 amide bonds. The Morgan fingerprint density at radius 1 is 1.16 bits per heavy atom. The largest absolute Gasteiger partial charge is 0.493 e. The van der Waals surface area contributed by atoms with Crippen molar-refractivity contribution in [2.45, 2.75) is 32.1 Å². The van der Waals surface area contributed by atoms with Crippen molar-refractivity contribution in [3.63, 3.8) is 0 Å². The zero-order chi connectivity index (χ0) is 26.1. The number of likely N-dealkylation sites (tertiary alicyclic amines) is 1. The number of nitro groups is 1. The molecule has 1 saturated heterocycles. The molecule has 1 unspecified atom stereocenters. The second-order valence-corrected chi connectivity index (χ2v) is 10.9. The molecular formula is C27H29N3O6S. The van der Waals surface area contributed by atoms with E-state index >= 15 is 0 Å². The molecule has 1 aliphatic carbocycles. The Morgan fingerprint density at radius 3 is 2.59 bits per heavy atom. The Kier molecular flexibility index (Phi) is 7.21. The van der Waals surface area contributed by atoms with E-state index in [-0.39, 0.29) is 29.6 Å². The van der Waals surface area contributed by atoms with Crippen LogP contribution in [0.5, 0.6) is 11.5 Å². The number of ketones is 2. The van der Waals surface area contributed by atoms with Gasteiger partial charge in [-0.3, -0.25) is 24.6 Å². The molecule has 37 heavy (non-hydrogen) atoms. The number of piperidine rings is 1. The lowest BCUT2D eigenvalue weighted by Crippen LogP contribution is -2.38. The standard InChI is InChI=1S/C27H29N3O6S/c1-35-23-11-17-10-18(27(32)21(17)14-24(23)36-2)9-16-5-7-29(8-6-16)15-20(31)13-26-28-22-4-3-19(30(33)34)12-25(22)37-26/h3-4,11-12,14,16,18H,5-10,13,15H2,1-2H3. The van der Waals surface area contributed by atoms with Crippen LogP contribution in [0.2, 0.25) is 0 Å². The maximum Gasteiger partial charge on any atom is 0.270 e. The molecule has 1 aliphatic heterocycles. The lowest BCUT2D eigenvalue weighted by molar-refractivity contribution is -0.384. The van der Waals surface area contributed by atoms with Gasteiger partial charge in [-0.25, -0.2) is 4.98 Å². The highest BCUT2D eigenvalue weighted by Crippen LogP contribution is 2.39. The van der Waals surface area contributed by atoms with Gasteiger partial charge in [0.1, 0.15) is 5.01 Å². The van der Waals surface area contributed by atoms with E-state index < -0.39 is 4.92 Å². The van der Waals surface area contributed by atoms with E-state index in [4.69, 9.17) is 9.47 Å². The fourth-order valence-corrected chi connectivity index (χ4v) is 6.52. The number of ether oxygens (including phenoxy) is 2. The second kappa shape index (κ2) is 10.5. The molecule has 0 bridgehead atoms. The monoisotopic (exact) mass is 523 g/mol. The number of nitro benzene ring substituents is 1. The van der Waals surface area contributed by atoms with Gasteiger partial charge < -0.3 is 9.47 Å². The van der Waals surface area contributed by atoms with Crippen LogP contribution in [0, 0.1) is 22.0 Å². The normalized spacial score (nSPS) is 18.2. The minimum atomic E-state index is -0.427. The lowest BCUT2D eigenvalue weighted by atomic mass is 9.85. The highest BCUT2D eigenvalue weighted by molar-refractivity contribution is 7.18. The van der Waals surface area contributed by atoms with E-state index in [2.05, 4.69) is 9.88 Å². The number of rotatable bonds is 9. The topological polar surface area (TPSA) is 112 Å². The first-order valence-electron chi connectivity index (χ1n) is 12.4. The Morgan fingerprint density at radius 2 is 1.89 bits per heavy atom. The molecule has 2 aromatic carbocycles. The average molecular weight is 524 g/mol. The summed E-state index contributed by atoms with van der Waals surface area (Å²) >= 11 is 1.33. The number of fused-ring (bicyclic) bond motifs is 2. The number of thiazole rings is 1. The summed E-state index contributed by atoms with van der Waals surface area (Å²) in [5.74, 6) is 1.96. The Hall–Kier alpha value is -3.37. The minimum Gasteiger partial charge on any atom is -0.493 e. The van der Waals surface area contributed by atoms with Crippen LogP contribution in [0.15, 0.2) is 30.3 Å². The van der Waals surface area contributed by atoms with Crippen molar-refractivity contribution in [2.24, 2.45) is 11.8 Å². The van der Waals surface area contributed by atoms with Gasteiger partial charge in [-0.1, -0.05) is 0 Å². The molecule has 0 spiro atoms. The van der Waals surface area contributed by atoms with Gasteiger partial charge in [0.25, 0.3) is 5.69 Å². The van der Waals surface area contributed by atoms with Crippen molar-refractivity contribution in [3.05, 3.63) is 56.6 Å². The van der Waals surface area contributed by atoms with Gasteiger partial charge in [-0.2, -0.15) is 0 Å². The molecule has 5 rings (SSSR count). The Bertz CT molecular complexity index is 1360. The molecule has 1 aromatic heterocycles. The van der Waals surface area contributed by atoms with Crippen molar-refractivity contribution >= 4 is 38.8 Å². The van der Waals surface area contributed by atoms with Gasteiger partial charge in [0.15, 0.2) is 23.1 Å². The quantitative estimate of drug-likeness (QED) is 0.298. The summed E-state index contributed by atoms with van der Waals surface area (Å²) in [5.41, 5.74) is 2.48. The highest BCUT2D eigenvalue weighted by Gasteiger charge is 2.34. The lowest BCUT2D eigenvalue weighted by Gasteiger charge is -2.32. The molecule has 0 N–H and O–H groups in total. The number of hydrogen-bond acceptors (Lipinski definition) is 9. The number of hydrogen-bond donors (Lipinski definition) is 0. The van der Waals surface area contributed by atoms with Crippen LogP contribution in [0.1, 0.15) is 40.2 Å². The van der Waals surface area contributed by atoms with Crippen LogP contribution >= 0.6 is 11.3 Å². The Balaban J connectivity index is 1.11. The maximum absolute atomic E-state index is 13.0. The van der Waals surface area contributed by atoms with Crippen molar-refractivity contribution in [3.8, 4) is 11.5 Å². The molecule has 3 aromatic rings. The predicted octanol–water partition coefficient (Wildman–Crippen LogP) is 4.49. The number of Topliss-reactive ketones (excluding diaryl/α,β-unsaturated/α-hetero) is 2. The van der Waals surface area contributed by atoms with Crippen LogP contribution in [-0.4, -0.2) is 60.2 Å². The number of carbonyl (C=O) groups excluding carboxylic acids is 2. The van der Waals surface area contributed by atoms with Crippen LogP contribution in [-0.2, 0) is 17.6 Å². The van der Waals surface area contributed by atoms with Gasteiger partial charge in [-0.15, -0.1) is 11.3 Å². The molecule has 194 valence electrons. The maximum atomic E-state index is 13.0. The number of aromatic nitrogens is 1. The predicted molar refractivity (Wildman–Crippen MR) is 140 cm³/mol. The summed E-state index contributed by atoms with van der Waals surface area (Å²) in [7, 11) is 3.18. The first kappa shape index (κ1) is 25.3. The van der Waals surface area contributed by atoms with E-state index in [0.717, 1.165) is 54.6 Å². The molecule has 2 aliphatic rings. The highest BCUT2D eigenvalue weighted by atomic mass is 32.1. The third kappa shape index (κ3) is 5.35. The van der Waals surface area contributed by atoms with Gasteiger partial charge in [0.2, 0.25) is 0 Å². The van der Waals surface area contributed by atoms with Gasteiger partial charge in [0.05, 0.1) is 42.3 Å². The van der Waals surface area contributed by atoms with Crippen molar-refractivity contribution in [2.75, 3.05) is 33.9 Å². The number of methoxy groups -OCH3 is 2. The third-order valence-electron chi connectivity index (χ3n) is 7.41. The van der Waals surface area contributed by atoms with Crippen molar-refractivity contribution in [1.82, 2.24) is 9.88 Å². The summed E-state index contributed by atoms with van der Waals surface area (Å²) in [6, 6.07) is 8.29. The van der Waals surface area contributed by atoms with E-state index in [1.165, 1.54) is 23.5 Å². The van der Waals surface area contributed by atoms with E-state index in [1.807, 2.05) is 6.07 Å². The van der Waals surface area contributed by atoms with E-state index in [1.54, 1.807) is 26.4 Å². The first-order valence-corrected chi connectivity index (χ1v) is 13.2. The van der Waals surface area contributed by atoms with Crippen LogP contribution in [0.3, 0.4) is 0 Å². The fraction of sp³-hybridized carbons (Fsp3) is 0.444. The zero-order valence-electron chi connectivity index (χ0n) is 20.9. The molecule has 1 atom stereocenters. The summed E-state index contributed by atoms with van der Waals surface area (Å²) in [5, 5.41) is 11.7. The number of non-ortho nitro benzene ring substituents is 1. The summed E-state index contributed by atoms with van der Waals surface area (Å²) in [4.78, 5) is 43.0. The van der Waals surface area contributed by atoms with Crippen LogP contribution in [0.25, 0.3) is 10.2 Å². The summed E-state index contributed by atoms with van der Waals surface area (Å²) in [6.07, 6.45) is 3.75. The molecule has 9 nitrogen and oxygen atoms in total. The number of carbonyl (C=O) groups is 2. The summed E-state index contributed by atoms with van der Waals surface area (Å²) in [6.45, 7) is 2.03. The summed E-state index contributed by atoms with van der Waals surface area (Å²) < 4.78 is 11.5. The number of nitrogens with zero attached hydrogens (tertiary/aromatic N) is 3. The minimum absolute atomic E-state index is 0.0140.